The topological polar surface area (TPSA) is 30.9 Å². The van der Waals surface area contributed by atoms with E-state index in [1.807, 2.05) is 6.07 Å². The quantitative estimate of drug-likeness (QED) is 0.683. The summed E-state index contributed by atoms with van der Waals surface area (Å²) in [6.07, 6.45) is 1.79. The average molecular weight is 164 g/mol. The number of benzene rings is 1. The predicted octanol–water partition coefficient (Wildman–Crippen LogP) is 1.70. The summed E-state index contributed by atoms with van der Waals surface area (Å²) in [5.41, 5.74) is 6.30. The van der Waals surface area contributed by atoms with Crippen molar-refractivity contribution in [1.82, 2.24) is 4.57 Å². The highest BCUT2D eigenvalue weighted by Crippen LogP contribution is 2.17. The van der Waals surface area contributed by atoms with Gasteiger partial charge < -0.3 is 10.3 Å². The van der Waals surface area contributed by atoms with Crippen LogP contribution in [0.3, 0.4) is 0 Å². The fraction of sp³-hybridized carbons (Fsp3) is 0.111. The van der Waals surface area contributed by atoms with Crippen molar-refractivity contribution in [3.63, 3.8) is 0 Å². The van der Waals surface area contributed by atoms with Crippen LogP contribution < -0.4 is 5.73 Å². The Morgan fingerprint density at radius 2 is 2.17 bits per heavy atom. The highest BCUT2D eigenvalue weighted by Gasteiger charge is 2.02. The van der Waals surface area contributed by atoms with E-state index in [2.05, 4.69) is 0 Å². The highest BCUT2D eigenvalue weighted by atomic mass is 19.1. The zero-order chi connectivity index (χ0) is 8.55. The Morgan fingerprint density at radius 3 is 2.92 bits per heavy atom. The molecule has 2 nitrogen and oxygen atoms in total. The molecule has 0 spiro atoms. The van der Waals surface area contributed by atoms with Gasteiger partial charge in [-0.05, 0) is 18.2 Å². The van der Waals surface area contributed by atoms with Gasteiger partial charge in [0.15, 0.2) is 0 Å². The summed E-state index contributed by atoms with van der Waals surface area (Å²) < 4.78 is 14.9. The molecule has 3 heteroatoms. The SMILES string of the molecule is NCn1ccc2c(F)cccc21. The number of aromatic nitrogens is 1. The summed E-state index contributed by atoms with van der Waals surface area (Å²) >= 11 is 0. The fourth-order valence-corrected chi connectivity index (χ4v) is 1.35. The van der Waals surface area contributed by atoms with Crippen LogP contribution in [0, 0.1) is 5.82 Å². The van der Waals surface area contributed by atoms with Crippen molar-refractivity contribution in [2.24, 2.45) is 5.73 Å². The number of halogens is 1. The van der Waals surface area contributed by atoms with E-state index in [1.54, 1.807) is 22.9 Å². The lowest BCUT2D eigenvalue weighted by Crippen LogP contribution is -2.04. The largest absolute Gasteiger partial charge is 0.334 e. The van der Waals surface area contributed by atoms with Gasteiger partial charge in [-0.15, -0.1) is 0 Å². The Labute approximate surface area is 69.4 Å². The van der Waals surface area contributed by atoms with Gasteiger partial charge in [-0.2, -0.15) is 0 Å². The van der Waals surface area contributed by atoms with E-state index in [1.165, 1.54) is 6.07 Å². The number of nitrogens with zero attached hydrogens (tertiary/aromatic N) is 1. The maximum atomic E-state index is 13.1. The Kier molecular flexibility index (Phi) is 1.59. The molecular formula is C9H9FN2. The molecule has 0 saturated heterocycles. The number of hydrogen-bond acceptors (Lipinski definition) is 1. The molecule has 0 amide bonds. The van der Waals surface area contributed by atoms with Crippen LogP contribution in [-0.4, -0.2) is 4.57 Å². The molecule has 0 aliphatic carbocycles. The van der Waals surface area contributed by atoms with Crippen molar-refractivity contribution in [3.05, 3.63) is 36.3 Å². The molecule has 0 saturated carbocycles. The second-order valence-corrected chi connectivity index (χ2v) is 2.64. The molecule has 0 fully saturated rings. The lowest BCUT2D eigenvalue weighted by atomic mass is 10.2. The van der Waals surface area contributed by atoms with Crippen molar-refractivity contribution in [1.29, 1.82) is 0 Å². The minimum Gasteiger partial charge on any atom is -0.334 e. The van der Waals surface area contributed by atoms with E-state index < -0.39 is 0 Å². The van der Waals surface area contributed by atoms with Crippen molar-refractivity contribution < 1.29 is 4.39 Å². The summed E-state index contributed by atoms with van der Waals surface area (Å²) in [6, 6.07) is 6.72. The summed E-state index contributed by atoms with van der Waals surface area (Å²) in [5.74, 6) is -0.195. The molecule has 0 bridgehead atoms. The molecule has 0 atom stereocenters. The monoisotopic (exact) mass is 164 g/mol. The van der Waals surface area contributed by atoms with Gasteiger partial charge in [-0.3, -0.25) is 0 Å². The third-order valence-corrected chi connectivity index (χ3v) is 1.96. The first kappa shape index (κ1) is 7.31. The average Bonchev–Trinajstić information content (AvgIpc) is 2.49. The lowest BCUT2D eigenvalue weighted by Gasteiger charge is -1.99. The highest BCUT2D eigenvalue weighted by molar-refractivity contribution is 5.80. The van der Waals surface area contributed by atoms with Crippen molar-refractivity contribution in [3.8, 4) is 0 Å². The number of nitrogens with two attached hydrogens (primary N) is 1. The van der Waals surface area contributed by atoms with Gasteiger partial charge in [0.05, 0.1) is 12.2 Å². The first-order valence-corrected chi connectivity index (χ1v) is 3.76. The third-order valence-electron chi connectivity index (χ3n) is 1.96. The van der Waals surface area contributed by atoms with E-state index in [0.717, 1.165) is 5.52 Å². The normalized spacial score (nSPS) is 10.8. The van der Waals surface area contributed by atoms with Crippen molar-refractivity contribution in [2.75, 3.05) is 0 Å². The number of fused-ring (bicyclic) bond motifs is 1. The van der Waals surface area contributed by atoms with Gasteiger partial charge in [-0.1, -0.05) is 6.07 Å². The van der Waals surface area contributed by atoms with E-state index >= 15 is 0 Å². The summed E-state index contributed by atoms with van der Waals surface area (Å²) in [7, 11) is 0. The Balaban J connectivity index is 2.80. The fourth-order valence-electron chi connectivity index (χ4n) is 1.35. The molecule has 0 aliphatic heterocycles. The summed E-state index contributed by atoms with van der Waals surface area (Å²) in [6.45, 7) is 0.382. The van der Waals surface area contributed by atoms with Crippen LogP contribution in [0.1, 0.15) is 0 Å². The van der Waals surface area contributed by atoms with E-state index in [9.17, 15) is 4.39 Å². The Bertz CT molecular complexity index is 406. The summed E-state index contributed by atoms with van der Waals surface area (Å²) in [5, 5.41) is 0.628. The van der Waals surface area contributed by atoms with Crippen molar-refractivity contribution >= 4 is 10.9 Å². The standard InChI is InChI=1S/C9H9FN2/c10-8-2-1-3-9-7(8)4-5-12(9)6-11/h1-5H,6,11H2. The number of rotatable bonds is 1. The molecule has 0 aliphatic rings. The Hall–Kier alpha value is -1.35. The maximum absolute atomic E-state index is 13.1. The second kappa shape index (κ2) is 2.60. The van der Waals surface area contributed by atoms with Gasteiger partial charge in [0.2, 0.25) is 0 Å². The third kappa shape index (κ3) is 0.905. The van der Waals surface area contributed by atoms with Crippen LogP contribution in [0.25, 0.3) is 10.9 Å². The first-order chi connectivity index (χ1) is 5.83. The summed E-state index contributed by atoms with van der Waals surface area (Å²) in [4.78, 5) is 0. The molecule has 1 aromatic carbocycles. The predicted molar refractivity (Wildman–Crippen MR) is 46.1 cm³/mol. The Morgan fingerprint density at radius 1 is 1.33 bits per heavy atom. The molecule has 2 rings (SSSR count). The zero-order valence-corrected chi connectivity index (χ0v) is 6.50. The van der Waals surface area contributed by atoms with Crippen LogP contribution in [0.4, 0.5) is 4.39 Å². The molecule has 2 N–H and O–H groups in total. The molecule has 1 heterocycles. The van der Waals surface area contributed by atoms with Gasteiger partial charge in [0.25, 0.3) is 0 Å². The van der Waals surface area contributed by atoms with Crippen molar-refractivity contribution in [2.45, 2.75) is 6.67 Å². The van der Waals surface area contributed by atoms with Crippen LogP contribution in [-0.2, 0) is 6.67 Å². The van der Waals surface area contributed by atoms with Gasteiger partial charge in [-0.25, -0.2) is 4.39 Å². The van der Waals surface area contributed by atoms with Crippen LogP contribution in [0.5, 0.6) is 0 Å². The molecule has 0 unspecified atom stereocenters. The number of hydrogen-bond donors (Lipinski definition) is 1. The molecule has 62 valence electrons. The van der Waals surface area contributed by atoms with Gasteiger partial charge >= 0.3 is 0 Å². The molecule has 12 heavy (non-hydrogen) atoms. The van der Waals surface area contributed by atoms with Gasteiger partial charge in [0, 0.05) is 11.6 Å². The second-order valence-electron chi connectivity index (χ2n) is 2.64. The van der Waals surface area contributed by atoms with E-state index in [4.69, 9.17) is 5.73 Å². The molecule has 1 aromatic heterocycles. The minimum absolute atomic E-state index is 0.195. The van der Waals surface area contributed by atoms with E-state index in [0.29, 0.717) is 12.1 Å². The van der Waals surface area contributed by atoms with E-state index in [-0.39, 0.29) is 5.82 Å². The molecule has 0 radical (unpaired) electrons. The lowest BCUT2D eigenvalue weighted by molar-refractivity contribution is 0.639. The van der Waals surface area contributed by atoms with Crippen LogP contribution in [0.15, 0.2) is 30.5 Å². The zero-order valence-electron chi connectivity index (χ0n) is 6.50. The van der Waals surface area contributed by atoms with Gasteiger partial charge in [0.1, 0.15) is 5.82 Å². The maximum Gasteiger partial charge on any atom is 0.132 e. The molecule has 2 aromatic rings. The smallest absolute Gasteiger partial charge is 0.132 e. The van der Waals surface area contributed by atoms with Crippen LogP contribution >= 0.6 is 0 Å². The molecular weight excluding hydrogens is 155 g/mol. The van der Waals surface area contributed by atoms with Crippen LogP contribution in [0.2, 0.25) is 0 Å². The minimum atomic E-state index is -0.195. The first-order valence-electron chi connectivity index (χ1n) is 3.76.